The van der Waals surface area contributed by atoms with Gasteiger partial charge in [0, 0.05) is 5.39 Å². The third-order valence-corrected chi connectivity index (χ3v) is 3.54. The molecular weight excluding hydrogens is 290 g/mol. The minimum absolute atomic E-state index is 0.0328. The Hall–Kier alpha value is -2.75. The van der Waals surface area contributed by atoms with Gasteiger partial charge in [0.05, 0.1) is 19.6 Å². The van der Waals surface area contributed by atoms with E-state index in [9.17, 15) is 4.79 Å². The first kappa shape index (κ1) is 15.2. The number of hydrogen-bond donors (Lipinski definition) is 1. The maximum absolute atomic E-state index is 12.0. The molecule has 0 aliphatic rings. The number of carbonyl (C=O) groups is 1. The van der Waals surface area contributed by atoms with E-state index in [1.807, 2.05) is 61.5 Å². The molecule has 0 aliphatic carbocycles. The SMILES string of the molecule is CCOc1ccc(CC(=O)NCc2cc3ccccc3o2)cc1. The van der Waals surface area contributed by atoms with E-state index < -0.39 is 0 Å². The average molecular weight is 309 g/mol. The first-order valence-corrected chi connectivity index (χ1v) is 7.70. The maximum atomic E-state index is 12.0. The van der Waals surface area contributed by atoms with Crippen LogP contribution < -0.4 is 10.1 Å². The topological polar surface area (TPSA) is 51.5 Å². The summed E-state index contributed by atoms with van der Waals surface area (Å²) in [6.45, 7) is 2.97. The molecule has 0 bridgehead atoms. The summed E-state index contributed by atoms with van der Waals surface area (Å²) in [6, 6.07) is 17.3. The lowest BCUT2D eigenvalue weighted by molar-refractivity contribution is -0.120. The van der Waals surface area contributed by atoms with Crippen molar-refractivity contribution < 1.29 is 13.9 Å². The molecule has 1 amide bonds. The summed E-state index contributed by atoms with van der Waals surface area (Å²) in [5, 5.41) is 3.93. The number of fused-ring (bicyclic) bond motifs is 1. The molecule has 0 saturated carbocycles. The van der Waals surface area contributed by atoms with Crippen LogP contribution in [0.2, 0.25) is 0 Å². The second-order valence-electron chi connectivity index (χ2n) is 5.28. The van der Waals surface area contributed by atoms with Gasteiger partial charge in [-0.25, -0.2) is 0 Å². The van der Waals surface area contributed by atoms with E-state index in [4.69, 9.17) is 9.15 Å². The van der Waals surface area contributed by atoms with Crippen molar-refractivity contribution in [2.75, 3.05) is 6.61 Å². The second kappa shape index (κ2) is 7.01. The van der Waals surface area contributed by atoms with Gasteiger partial charge >= 0.3 is 0 Å². The van der Waals surface area contributed by atoms with Gasteiger partial charge in [-0.15, -0.1) is 0 Å². The number of amides is 1. The minimum Gasteiger partial charge on any atom is -0.494 e. The number of benzene rings is 2. The highest BCUT2D eigenvalue weighted by molar-refractivity contribution is 5.79. The molecule has 0 spiro atoms. The molecule has 0 fully saturated rings. The van der Waals surface area contributed by atoms with Gasteiger partial charge in [-0.1, -0.05) is 30.3 Å². The average Bonchev–Trinajstić information content (AvgIpc) is 2.98. The van der Waals surface area contributed by atoms with Crippen LogP contribution in [0.5, 0.6) is 5.75 Å². The zero-order valence-corrected chi connectivity index (χ0v) is 13.0. The van der Waals surface area contributed by atoms with Crippen molar-refractivity contribution in [3.63, 3.8) is 0 Å². The molecule has 1 aromatic heterocycles. The fourth-order valence-corrected chi connectivity index (χ4v) is 2.43. The Balaban J connectivity index is 1.54. The fourth-order valence-electron chi connectivity index (χ4n) is 2.43. The van der Waals surface area contributed by atoms with Crippen molar-refractivity contribution in [3.05, 3.63) is 65.9 Å². The van der Waals surface area contributed by atoms with Crippen LogP contribution in [0.15, 0.2) is 59.0 Å². The van der Waals surface area contributed by atoms with Gasteiger partial charge in [0.2, 0.25) is 5.91 Å². The van der Waals surface area contributed by atoms with E-state index in [0.29, 0.717) is 19.6 Å². The number of ether oxygens (including phenoxy) is 1. The van der Waals surface area contributed by atoms with E-state index in [2.05, 4.69) is 5.32 Å². The Morgan fingerprint density at radius 1 is 1.13 bits per heavy atom. The van der Waals surface area contributed by atoms with Crippen LogP contribution in [-0.4, -0.2) is 12.5 Å². The molecule has 4 heteroatoms. The summed E-state index contributed by atoms with van der Waals surface area (Å²) in [6.07, 6.45) is 0.340. The van der Waals surface area contributed by atoms with Gasteiger partial charge in [0.15, 0.2) is 0 Å². The highest BCUT2D eigenvalue weighted by Gasteiger charge is 2.07. The smallest absolute Gasteiger partial charge is 0.224 e. The van der Waals surface area contributed by atoms with Crippen molar-refractivity contribution in [2.45, 2.75) is 19.9 Å². The molecule has 3 aromatic rings. The molecule has 0 atom stereocenters. The highest BCUT2D eigenvalue weighted by atomic mass is 16.5. The van der Waals surface area contributed by atoms with Crippen molar-refractivity contribution in [1.82, 2.24) is 5.32 Å². The molecule has 118 valence electrons. The van der Waals surface area contributed by atoms with E-state index >= 15 is 0 Å². The van der Waals surface area contributed by atoms with Crippen molar-refractivity contribution in [2.24, 2.45) is 0 Å². The Morgan fingerprint density at radius 3 is 2.65 bits per heavy atom. The summed E-state index contributed by atoms with van der Waals surface area (Å²) in [5.74, 6) is 1.54. The summed E-state index contributed by atoms with van der Waals surface area (Å²) in [5.41, 5.74) is 1.79. The third-order valence-electron chi connectivity index (χ3n) is 3.54. The van der Waals surface area contributed by atoms with Gasteiger partial charge in [0.1, 0.15) is 17.1 Å². The summed E-state index contributed by atoms with van der Waals surface area (Å²) >= 11 is 0. The predicted molar refractivity (Wildman–Crippen MR) is 89.4 cm³/mol. The number of nitrogens with one attached hydrogen (secondary N) is 1. The molecule has 2 aromatic carbocycles. The molecule has 4 nitrogen and oxygen atoms in total. The van der Waals surface area contributed by atoms with Crippen LogP contribution in [0, 0.1) is 0 Å². The van der Waals surface area contributed by atoms with Crippen LogP contribution in [-0.2, 0) is 17.8 Å². The normalized spacial score (nSPS) is 10.7. The largest absolute Gasteiger partial charge is 0.494 e. The number of para-hydroxylation sites is 1. The number of furan rings is 1. The number of hydrogen-bond acceptors (Lipinski definition) is 3. The molecule has 0 aliphatic heterocycles. The first-order valence-electron chi connectivity index (χ1n) is 7.70. The summed E-state index contributed by atoms with van der Waals surface area (Å²) < 4.78 is 11.1. The second-order valence-corrected chi connectivity index (χ2v) is 5.28. The molecule has 0 saturated heterocycles. The van der Waals surface area contributed by atoms with E-state index in [-0.39, 0.29) is 5.91 Å². The summed E-state index contributed by atoms with van der Waals surface area (Å²) in [7, 11) is 0. The number of rotatable bonds is 6. The van der Waals surface area contributed by atoms with Gasteiger partial charge in [-0.2, -0.15) is 0 Å². The quantitative estimate of drug-likeness (QED) is 0.755. The van der Waals surface area contributed by atoms with Crippen LogP contribution in [0.3, 0.4) is 0 Å². The van der Waals surface area contributed by atoms with Gasteiger partial charge in [-0.05, 0) is 36.8 Å². The molecule has 3 rings (SSSR count). The molecule has 23 heavy (non-hydrogen) atoms. The Labute approximate surface area is 135 Å². The van der Waals surface area contributed by atoms with E-state index in [0.717, 1.165) is 28.0 Å². The van der Waals surface area contributed by atoms with Crippen molar-refractivity contribution in [1.29, 1.82) is 0 Å². The van der Waals surface area contributed by atoms with Crippen LogP contribution in [0.1, 0.15) is 18.2 Å². The molecule has 0 radical (unpaired) electrons. The Kier molecular flexibility index (Phi) is 4.62. The van der Waals surface area contributed by atoms with E-state index in [1.165, 1.54) is 0 Å². The zero-order valence-electron chi connectivity index (χ0n) is 13.0. The molecule has 0 unspecified atom stereocenters. The fraction of sp³-hybridized carbons (Fsp3) is 0.211. The molecular formula is C19H19NO3. The number of carbonyl (C=O) groups excluding carboxylic acids is 1. The Morgan fingerprint density at radius 2 is 1.91 bits per heavy atom. The predicted octanol–water partition coefficient (Wildman–Crippen LogP) is 3.69. The lowest BCUT2D eigenvalue weighted by Crippen LogP contribution is -2.24. The van der Waals surface area contributed by atoms with Gasteiger partial charge in [0.25, 0.3) is 0 Å². The van der Waals surface area contributed by atoms with Gasteiger partial charge < -0.3 is 14.5 Å². The monoisotopic (exact) mass is 309 g/mol. The minimum atomic E-state index is -0.0328. The summed E-state index contributed by atoms with van der Waals surface area (Å²) in [4.78, 5) is 12.0. The van der Waals surface area contributed by atoms with Crippen molar-refractivity contribution >= 4 is 16.9 Å². The third kappa shape index (κ3) is 3.92. The first-order chi connectivity index (χ1) is 11.2. The van der Waals surface area contributed by atoms with Gasteiger partial charge in [-0.3, -0.25) is 4.79 Å². The standard InChI is InChI=1S/C19H19NO3/c1-2-22-16-9-7-14(8-10-16)11-19(21)20-13-17-12-15-5-3-4-6-18(15)23-17/h3-10,12H,2,11,13H2,1H3,(H,20,21). The molecule has 1 N–H and O–H groups in total. The van der Waals surface area contributed by atoms with Crippen LogP contribution in [0.25, 0.3) is 11.0 Å². The Bertz CT molecular complexity index is 757. The lowest BCUT2D eigenvalue weighted by Gasteiger charge is -2.05. The van der Waals surface area contributed by atoms with Crippen LogP contribution in [0.4, 0.5) is 0 Å². The maximum Gasteiger partial charge on any atom is 0.224 e. The lowest BCUT2D eigenvalue weighted by atomic mass is 10.1. The van der Waals surface area contributed by atoms with E-state index in [1.54, 1.807) is 0 Å². The molecule has 1 heterocycles. The zero-order chi connectivity index (χ0) is 16.1. The highest BCUT2D eigenvalue weighted by Crippen LogP contribution is 2.18. The van der Waals surface area contributed by atoms with Crippen LogP contribution >= 0.6 is 0 Å². The van der Waals surface area contributed by atoms with Crippen molar-refractivity contribution in [3.8, 4) is 5.75 Å².